The van der Waals surface area contributed by atoms with E-state index in [4.69, 9.17) is 33.2 Å². The molecule has 0 unspecified atom stereocenters. The fourth-order valence-corrected chi connectivity index (χ4v) is 4.53. The predicted molar refractivity (Wildman–Crippen MR) is 163 cm³/mol. The summed E-state index contributed by atoms with van der Waals surface area (Å²) in [7, 11) is 4.83. The van der Waals surface area contributed by atoms with Gasteiger partial charge in [0.2, 0.25) is 0 Å². The number of nitrogens with zero attached hydrogens (tertiary/aromatic N) is 2. The van der Waals surface area contributed by atoms with Gasteiger partial charge in [0, 0.05) is 40.4 Å². The molecule has 1 fully saturated rings. The molecule has 44 heavy (non-hydrogen) atoms. The van der Waals surface area contributed by atoms with Crippen molar-refractivity contribution in [2.45, 2.75) is 77.4 Å². The highest BCUT2D eigenvalue weighted by Gasteiger charge is 2.50. The van der Waals surface area contributed by atoms with Crippen LogP contribution >= 0.6 is 0 Å². The molecule has 13 nitrogen and oxygen atoms in total. The van der Waals surface area contributed by atoms with Crippen LogP contribution < -0.4 is 10.1 Å². The van der Waals surface area contributed by atoms with Gasteiger partial charge in [-0.25, -0.2) is 14.4 Å². The number of hydrogen-bond donors (Lipinski definition) is 1. The minimum Gasteiger partial charge on any atom is -0.497 e. The Morgan fingerprint density at radius 3 is 1.98 bits per heavy atom. The third kappa shape index (κ3) is 13.1. The van der Waals surface area contributed by atoms with Crippen molar-refractivity contribution in [1.82, 2.24) is 15.1 Å². The number of alkyl carbamates (subject to hydrolysis) is 1. The summed E-state index contributed by atoms with van der Waals surface area (Å²) >= 11 is 0. The van der Waals surface area contributed by atoms with Crippen molar-refractivity contribution in [1.29, 1.82) is 0 Å². The number of hydrogen-bond acceptors (Lipinski definition) is 11. The van der Waals surface area contributed by atoms with Crippen LogP contribution in [0.15, 0.2) is 24.3 Å². The number of benzene rings is 1. The number of carbonyl (C=O) groups excluding carboxylic acids is 3. The van der Waals surface area contributed by atoms with Gasteiger partial charge in [-0.1, -0.05) is 12.1 Å². The molecular formula is C31H51N3O10. The summed E-state index contributed by atoms with van der Waals surface area (Å²) in [6.07, 6.45) is -4.00. The standard InChI is InChI=1S/C31H51N3O10/c1-30(2,3)43-28(36)34-21-25(41-29(37)44-31(4,5)6)26(24(34)20-22-10-12-23(40-9)13-11-22)42-27(35)32-14-15-33(16-18-38-7)17-19-39-8/h10-13,24-26H,14-21H2,1-9H3,(H,32,35)/t24-,25+,26-/m0/s1. The first-order chi connectivity index (χ1) is 20.7. The summed E-state index contributed by atoms with van der Waals surface area (Å²) in [6, 6.07) is 6.62. The SMILES string of the molecule is COCCN(CCNC(=O)O[C@@H]1[C@H](OC(=O)OC(C)(C)C)CN(C(=O)OC(C)(C)C)[C@H]1Cc1ccc(OC)cc1)CCOC. The van der Waals surface area contributed by atoms with Crippen LogP contribution in [0.3, 0.4) is 0 Å². The predicted octanol–water partition coefficient (Wildman–Crippen LogP) is 3.87. The number of likely N-dealkylation sites (tertiary alicyclic amines) is 1. The fraction of sp³-hybridized carbons (Fsp3) is 0.710. The fourth-order valence-electron chi connectivity index (χ4n) is 4.53. The van der Waals surface area contributed by atoms with Gasteiger partial charge in [-0.05, 0) is 65.7 Å². The molecule has 0 spiro atoms. The molecule has 0 aliphatic carbocycles. The number of carbonyl (C=O) groups is 3. The number of amides is 2. The van der Waals surface area contributed by atoms with E-state index in [0.29, 0.717) is 38.6 Å². The molecule has 1 aliphatic rings. The molecule has 250 valence electrons. The van der Waals surface area contributed by atoms with Gasteiger partial charge in [0.05, 0.1) is 32.9 Å². The topological polar surface area (TPSA) is 134 Å². The smallest absolute Gasteiger partial charge is 0.497 e. The molecule has 0 radical (unpaired) electrons. The molecule has 2 amide bonds. The lowest BCUT2D eigenvalue weighted by molar-refractivity contribution is -0.0518. The van der Waals surface area contributed by atoms with Crippen molar-refractivity contribution in [3.63, 3.8) is 0 Å². The second-order valence-electron chi connectivity index (χ2n) is 12.5. The minimum absolute atomic E-state index is 0.0608. The highest BCUT2D eigenvalue weighted by atomic mass is 16.7. The van der Waals surface area contributed by atoms with Crippen LogP contribution in [-0.2, 0) is 34.8 Å². The maximum absolute atomic E-state index is 13.4. The number of ether oxygens (including phenoxy) is 7. The molecule has 0 bridgehead atoms. The molecule has 1 aromatic carbocycles. The first-order valence-electron chi connectivity index (χ1n) is 14.8. The largest absolute Gasteiger partial charge is 0.509 e. The van der Waals surface area contributed by atoms with Crippen molar-refractivity contribution in [2.75, 3.05) is 67.3 Å². The molecule has 1 aromatic rings. The van der Waals surface area contributed by atoms with Gasteiger partial charge < -0.3 is 38.5 Å². The van der Waals surface area contributed by atoms with E-state index >= 15 is 0 Å². The van der Waals surface area contributed by atoms with E-state index in [2.05, 4.69) is 10.2 Å². The Balaban J connectivity index is 2.30. The van der Waals surface area contributed by atoms with Crippen LogP contribution in [0.2, 0.25) is 0 Å². The van der Waals surface area contributed by atoms with E-state index in [1.807, 2.05) is 12.1 Å². The summed E-state index contributed by atoms with van der Waals surface area (Å²) in [5, 5.41) is 2.78. The normalized spacial score (nSPS) is 18.6. The average Bonchev–Trinajstić information content (AvgIpc) is 3.24. The summed E-state index contributed by atoms with van der Waals surface area (Å²) < 4.78 is 38.3. The first kappa shape index (κ1) is 36.9. The van der Waals surface area contributed by atoms with Crippen LogP contribution in [0.5, 0.6) is 5.75 Å². The monoisotopic (exact) mass is 625 g/mol. The Hall–Kier alpha value is -3.29. The molecule has 1 aliphatic heterocycles. The lowest BCUT2D eigenvalue weighted by Crippen LogP contribution is -2.47. The first-order valence-corrected chi connectivity index (χ1v) is 14.8. The van der Waals surface area contributed by atoms with Crippen LogP contribution in [0.1, 0.15) is 47.1 Å². The molecule has 2 rings (SSSR count). The maximum atomic E-state index is 13.4. The minimum atomic E-state index is -1.02. The van der Waals surface area contributed by atoms with Gasteiger partial charge in [-0.2, -0.15) is 0 Å². The third-order valence-corrected chi connectivity index (χ3v) is 6.56. The van der Waals surface area contributed by atoms with Crippen molar-refractivity contribution in [3.05, 3.63) is 29.8 Å². The highest BCUT2D eigenvalue weighted by Crippen LogP contribution is 2.30. The Bertz CT molecular complexity index is 1030. The second kappa shape index (κ2) is 17.3. The molecule has 3 atom stereocenters. The van der Waals surface area contributed by atoms with E-state index in [0.717, 1.165) is 5.56 Å². The van der Waals surface area contributed by atoms with Crippen molar-refractivity contribution in [3.8, 4) is 5.75 Å². The van der Waals surface area contributed by atoms with Crippen LogP contribution in [0, 0.1) is 0 Å². The van der Waals surface area contributed by atoms with Gasteiger partial charge in [0.25, 0.3) is 0 Å². The highest BCUT2D eigenvalue weighted by molar-refractivity contribution is 5.71. The molecule has 1 N–H and O–H groups in total. The molecule has 1 saturated heterocycles. The zero-order valence-electron chi connectivity index (χ0n) is 27.7. The number of rotatable bonds is 14. The average molecular weight is 626 g/mol. The zero-order valence-corrected chi connectivity index (χ0v) is 27.7. The number of methoxy groups -OCH3 is 3. The van der Waals surface area contributed by atoms with E-state index in [1.165, 1.54) is 4.90 Å². The molecule has 0 saturated carbocycles. The summed E-state index contributed by atoms with van der Waals surface area (Å²) in [4.78, 5) is 42.8. The lowest BCUT2D eigenvalue weighted by atomic mass is 10.0. The quantitative estimate of drug-likeness (QED) is 0.239. The van der Waals surface area contributed by atoms with Crippen molar-refractivity contribution >= 4 is 18.3 Å². The maximum Gasteiger partial charge on any atom is 0.509 e. The van der Waals surface area contributed by atoms with E-state index in [1.54, 1.807) is 75.0 Å². The van der Waals surface area contributed by atoms with Gasteiger partial charge >= 0.3 is 18.3 Å². The van der Waals surface area contributed by atoms with Crippen LogP contribution in [0.25, 0.3) is 0 Å². The van der Waals surface area contributed by atoms with E-state index in [-0.39, 0.29) is 19.5 Å². The van der Waals surface area contributed by atoms with Gasteiger partial charge in [0.15, 0.2) is 12.2 Å². The van der Waals surface area contributed by atoms with Gasteiger partial charge in [-0.15, -0.1) is 0 Å². The van der Waals surface area contributed by atoms with Crippen molar-refractivity contribution < 1.29 is 47.5 Å². The zero-order chi connectivity index (χ0) is 32.9. The Kier molecular flexibility index (Phi) is 14.5. The third-order valence-electron chi connectivity index (χ3n) is 6.56. The summed E-state index contributed by atoms with van der Waals surface area (Å²) in [6.45, 7) is 13.6. The number of nitrogens with one attached hydrogen (secondary N) is 1. The Morgan fingerprint density at radius 1 is 0.864 bits per heavy atom. The summed E-state index contributed by atoms with van der Waals surface area (Å²) in [5.41, 5.74) is -0.742. The van der Waals surface area contributed by atoms with E-state index < -0.39 is 47.8 Å². The van der Waals surface area contributed by atoms with Crippen LogP contribution in [0.4, 0.5) is 14.4 Å². The van der Waals surface area contributed by atoms with Gasteiger partial charge in [0.1, 0.15) is 17.0 Å². The molecule has 0 aromatic heterocycles. The summed E-state index contributed by atoms with van der Waals surface area (Å²) in [5.74, 6) is 0.674. The van der Waals surface area contributed by atoms with Crippen molar-refractivity contribution in [2.24, 2.45) is 0 Å². The Morgan fingerprint density at radius 2 is 1.45 bits per heavy atom. The molecule has 13 heteroatoms. The molecule has 1 heterocycles. The van der Waals surface area contributed by atoms with Gasteiger partial charge in [-0.3, -0.25) is 9.80 Å². The van der Waals surface area contributed by atoms with E-state index in [9.17, 15) is 14.4 Å². The lowest BCUT2D eigenvalue weighted by Gasteiger charge is -2.30. The molecular weight excluding hydrogens is 574 g/mol. The Labute approximate surface area is 261 Å². The van der Waals surface area contributed by atoms with Crippen LogP contribution in [-0.4, -0.2) is 125 Å². The second-order valence-corrected chi connectivity index (χ2v) is 12.5.